The van der Waals surface area contributed by atoms with Crippen LogP contribution in [-0.4, -0.2) is 17.5 Å². The summed E-state index contributed by atoms with van der Waals surface area (Å²) < 4.78 is 5.85. The number of nitrogens with two attached hydrogens (primary N) is 1. The van der Waals surface area contributed by atoms with Crippen molar-refractivity contribution in [2.24, 2.45) is 34.3 Å². The van der Waals surface area contributed by atoms with Crippen LogP contribution in [-0.2, 0) is 14.3 Å². The summed E-state index contributed by atoms with van der Waals surface area (Å²) >= 11 is 0. The van der Waals surface area contributed by atoms with Gasteiger partial charge in [-0.3, -0.25) is 9.59 Å². The molecule has 1 amide bonds. The van der Waals surface area contributed by atoms with Crippen LogP contribution in [0.15, 0.2) is 0 Å². The van der Waals surface area contributed by atoms with E-state index >= 15 is 0 Å². The van der Waals surface area contributed by atoms with Crippen LogP contribution in [0.5, 0.6) is 0 Å². The molecule has 150 valence electrons. The third-order valence-electron chi connectivity index (χ3n) is 7.05. The van der Waals surface area contributed by atoms with Crippen molar-refractivity contribution in [3.63, 3.8) is 0 Å². The monoisotopic (exact) mass is 365 g/mol. The lowest BCUT2D eigenvalue weighted by Gasteiger charge is -2.42. The number of esters is 1. The molecule has 0 aromatic carbocycles. The molecule has 0 spiro atoms. The molecule has 0 heterocycles. The Morgan fingerprint density at radius 2 is 1.23 bits per heavy atom. The van der Waals surface area contributed by atoms with Gasteiger partial charge in [0.15, 0.2) is 5.60 Å². The van der Waals surface area contributed by atoms with Gasteiger partial charge < -0.3 is 10.5 Å². The van der Waals surface area contributed by atoms with Crippen molar-refractivity contribution in [3.05, 3.63) is 0 Å². The van der Waals surface area contributed by atoms with E-state index in [9.17, 15) is 9.59 Å². The van der Waals surface area contributed by atoms with E-state index in [0.717, 1.165) is 38.5 Å². The average Bonchev–Trinajstić information content (AvgIpc) is 2.53. The van der Waals surface area contributed by atoms with Crippen LogP contribution in [0.1, 0.15) is 92.9 Å². The Morgan fingerprint density at radius 3 is 1.62 bits per heavy atom. The minimum atomic E-state index is -1.08. The van der Waals surface area contributed by atoms with Gasteiger partial charge in [0.05, 0.1) is 5.92 Å². The summed E-state index contributed by atoms with van der Waals surface area (Å²) in [6.07, 6.45) is 6.73. The summed E-state index contributed by atoms with van der Waals surface area (Å²) in [7, 11) is 0. The Bertz CT molecular complexity index is 510. The van der Waals surface area contributed by atoms with E-state index in [1.807, 2.05) is 0 Å². The van der Waals surface area contributed by atoms with Crippen LogP contribution in [0.2, 0.25) is 0 Å². The fourth-order valence-electron chi connectivity index (χ4n) is 4.82. The number of rotatable bonds is 3. The number of hydrogen-bond acceptors (Lipinski definition) is 3. The topological polar surface area (TPSA) is 69.4 Å². The summed E-state index contributed by atoms with van der Waals surface area (Å²) in [5, 5.41) is 0. The quantitative estimate of drug-likeness (QED) is 0.727. The first-order chi connectivity index (χ1) is 11.8. The molecule has 2 rings (SSSR count). The normalized spacial score (nSPS) is 33.5. The minimum Gasteiger partial charge on any atom is -0.449 e. The third kappa shape index (κ3) is 4.80. The second-order valence-electron chi connectivity index (χ2n) is 10.8. The largest absolute Gasteiger partial charge is 0.449 e. The van der Waals surface area contributed by atoms with E-state index in [1.54, 1.807) is 0 Å². The van der Waals surface area contributed by atoms with Crippen molar-refractivity contribution in [2.75, 3.05) is 0 Å². The molecule has 0 atom stereocenters. The fourth-order valence-corrected chi connectivity index (χ4v) is 4.82. The van der Waals surface area contributed by atoms with Crippen LogP contribution in [0, 0.1) is 28.6 Å². The van der Waals surface area contributed by atoms with Gasteiger partial charge in [0.1, 0.15) is 0 Å². The molecule has 0 radical (unpaired) electrons. The molecule has 0 aliphatic heterocycles. The maximum absolute atomic E-state index is 12.8. The summed E-state index contributed by atoms with van der Waals surface area (Å²) in [6.45, 7) is 13.5. The highest BCUT2D eigenvalue weighted by atomic mass is 16.6. The molecule has 0 unspecified atom stereocenters. The Labute approximate surface area is 159 Å². The lowest BCUT2D eigenvalue weighted by atomic mass is 9.68. The highest BCUT2D eigenvalue weighted by molar-refractivity contribution is 5.87. The standard InChI is InChI=1S/C22H39NO3/c1-20(2,3)16-9-7-15(8-10-16)18(24)26-22(19(23)25)13-11-17(12-14-22)21(4,5)6/h15-17H,7-14H2,1-6H3,(H2,23,25). The van der Waals surface area contributed by atoms with Gasteiger partial charge in [-0.1, -0.05) is 41.5 Å². The second kappa shape index (κ2) is 7.52. The first-order valence-corrected chi connectivity index (χ1v) is 10.4. The van der Waals surface area contributed by atoms with Crippen LogP contribution >= 0.6 is 0 Å². The molecule has 2 aliphatic carbocycles. The van der Waals surface area contributed by atoms with E-state index < -0.39 is 11.5 Å². The Hall–Kier alpha value is -1.06. The van der Waals surface area contributed by atoms with E-state index in [-0.39, 0.29) is 22.7 Å². The molecule has 0 aromatic heterocycles. The van der Waals surface area contributed by atoms with E-state index in [4.69, 9.17) is 10.5 Å². The maximum Gasteiger partial charge on any atom is 0.309 e. The van der Waals surface area contributed by atoms with E-state index in [1.165, 1.54) is 0 Å². The molecule has 0 bridgehead atoms. The molecule has 4 heteroatoms. The summed E-state index contributed by atoms with van der Waals surface area (Å²) in [4.78, 5) is 25.0. The first kappa shape index (κ1) is 21.2. The van der Waals surface area contributed by atoms with E-state index in [2.05, 4.69) is 41.5 Å². The number of carbonyl (C=O) groups excluding carboxylic acids is 2. The molecule has 0 aromatic rings. The van der Waals surface area contributed by atoms with Crippen molar-refractivity contribution in [1.29, 1.82) is 0 Å². The average molecular weight is 366 g/mol. The Kier molecular flexibility index (Phi) is 6.14. The zero-order valence-corrected chi connectivity index (χ0v) is 17.7. The second-order valence-corrected chi connectivity index (χ2v) is 10.8. The van der Waals surface area contributed by atoms with Crippen LogP contribution < -0.4 is 5.73 Å². The summed E-state index contributed by atoms with van der Waals surface area (Å²) in [5.74, 6) is 0.437. The SMILES string of the molecule is CC(C)(C)C1CCC(C(=O)OC2(C(N)=O)CCC(C(C)(C)C)CC2)CC1. The summed E-state index contributed by atoms with van der Waals surface area (Å²) in [6, 6.07) is 0. The smallest absolute Gasteiger partial charge is 0.309 e. The Morgan fingerprint density at radius 1 is 0.808 bits per heavy atom. The Balaban J connectivity index is 1.97. The van der Waals surface area contributed by atoms with Crippen LogP contribution in [0.3, 0.4) is 0 Å². The molecular formula is C22H39NO3. The zero-order chi connectivity index (χ0) is 19.8. The van der Waals surface area contributed by atoms with Gasteiger partial charge in [0, 0.05) is 0 Å². The van der Waals surface area contributed by atoms with Crippen molar-refractivity contribution >= 4 is 11.9 Å². The predicted octanol–water partition coefficient (Wildman–Crippen LogP) is 4.84. The van der Waals surface area contributed by atoms with Gasteiger partial charge in [-0.15, -0.1) is 0 Å². The summed E-state index contributed by atoms with van der Waals surface area (Å²) in [5.41, 5.74) is 5.11. The van der Waals surface area contributed by atoms with Gasteiger partial charge in [-0.25, -0.2) is 0 Å². The van der Waals surface area contributed by atoms with Gasteiger partial charge in [0.25, 0.3) is 5.91 Å². The predicted molar refractivity (Wildman–Crippen MR) is 104 cm³/mol. The fraction of sp³-hybridized carbons (Fsp3) is 0.909. The van der Waals surface area contributed by atoms with Gasteiger partial charge in [0.2, 0.25) is 0 Å². The molecular weight excluding hydrogens is 326 g/mol. The highest BCUT2D eigenvalue weighted by Crippen LogP contribution is 2.44. The number of ether oxygens (including phenoxy) is 1. The lowest BCUT2D eigenvalue weighted by molar-refractivity contribution is -0.178. The van der Waals surface area contributed by atoms with Crippen molar-refractivity contribution in [3.8, 4) is 0 Å². The number of carbonyl (C=O) groups is 2. The van der Waals surface area contributed by atoms with Crippen molar-refractivity contribution in [1.82, 2.24) is 0 Å². The molecule has 2 fully saturated rings. The highest BCUT2D eigenvalue weighted by Gasteiger charge is 2.47. The number of hydrogen-bond donors (Lipinski definition) is 1. The van der Waals surface area contributed by atoms with Crippen molar-refractivity contribution < 1.29 is 14.3 Å². The van der Waals surface area contributed by atoms with Gasteiger partial charge >= 0.3 is 5.97 Å². The van der Waals surface area contributed by atoms with Gasteiger partial charge in [-0.05, 0) is 74.0 Å². The molecule has 2 N–H and O–H groups in total. The zero-order valence-electron chi connectivity index (χ0n) is 17.7. The molecule has 2 aliphatic rings. The molecule has 0 saturated heterocycles. The first-order valence-electron chi connectivity index (χ1n) is 10.4. The minimum absolute atomic E-state index is 0.0786. The molecule has 2 saturated carbocycles. The third-order valence-corrected chi connectivity index (χ3v) is 7.05. The molecule has 26 heavy (non-hydrogen) atoms. The number of amides is 1. The van der Waals surface area contributed by atoms with Crippen molar-refractivity contribution in [2.45, 2.75) is 98.5 Å². The van der Waals surface area contributed by atoms with E-state index in [0.29, 0.717) is 24.7 Å². The number of primary amides is 1. The lowest BCUT2D eigenvalue weighted by Crippen LogP contribution is -2.51. The van der Waals surface area contributed by atoms with Gasteiger partial charge in [-0.2, -0.15) is 0 Å². The maximum atomic E-state index is 12.8. The van der Waals surface area contributed by atoms with Crippen LogP contribution in [0.4, 0.5) is 0 Å². The molecule has 4 nitrogen and oxygen atoms in total. The van der Waals surface area contributed by atoms with Crippen LogP contribution in [0.25, 0.3) is 0 Å².